The van der Waals surface area contributed by atoms with Crippen LogP contribution in [0.4, 0.5) is 0 Å². The van der Waals surface area contributed by atoms with Crippen LogP contribution >= 0.6 is 7.26 Å². The minimum atomic E-state index is -2.59. The Morgan fingerprint density at radius 2 is 0.884 bits per heavy atom. The second kappa shape index (κ2) is 14.9. The van der Waals surface area contributed by atoms with E-state index in [0.29, 0.717) is 0 Å². The fraction of sp³-hybridized carbons (Fsp3) is 0.231. The number of benzene rings is 5. The Hall–Kier alpha value is -2.56. The van der Waals surface area contributed by atoms with Crippen molar-refractivity contribution in [3.8, 4) is 0 Å². The number of rotatable bonds is 11. The highest BCUT2D eigenvalue weighted by molar-refractivity contribution is 7.95. The largest absolute Gasteiger partial charge is 1.00 e. The van der Waals surface area contributed by atoms with Crippen molar-refractivity contribution in [2.45, 2.75) is 51.7 Å². The molecule has 0 unspecified atom stereocenters. The molecule has 5 aromatic rings. The number of hydrogen-bond donors (Lipinski definition) is 0. The highest BCUT2D eigenvalue weighted by Crippen LogP contribution is 2.56. The van der Waals surface area contributed by atoms with Crippen molar-refractivity contribution >= 4 is 41.9 Å². The van der Waals surface area contributed by atoms with Gasteiger partial charge in [-0.2, -0.15) is 0 Å². The Morgan fingerprint density at radius 1 is 0.558 bits per heavy atom. The molecule has 0 amide bonds. The van der Waals surface area contributed by atoms with Gasteiger partial charge >= 0.3 is 0 Å². The van der Waals surface area contributed by atoms with Gasteiger partial charge in [-0.1, -0.05) is 136 Å². The van der Waals surface area contributed by atoms with Gasteiger partial charge in [0.05, 0.1) is 6.16 Å². The predicted octanol–water partition coefficient (Wildman–Crippen LogP) is 4.73. The predicted molar refractivity (Wildman–Crippen MR) is 187 cm³/mol. The zero-order chi connectivity index (χ0) is 29.5. The zero-order valence-corrected chi connectivity index (χ0v) is 29.9. The lowest BCUT2D eigenvalue weighted by Gasteiger charge is -2.44. The lowest BCUT2D eigenvalue weighted by Crippen LogP contribution is -3.00. The highest BCUT2D eigenvalue weighted by atomic mass is 127. The normalized spacial score (nSPS) is 12.7. The molecule has 0 N–H and O–H groups in total. The van der Waals surface area contributed by atoms with E-state index < -0.39 is 15.6 Å². The average molecular weight is 715 g/mol. The summed E-state index contributed by atoms with van der Waals surface area (Å²) in [5, 5.41) is 7.00. The molecular weight excluding hydrogens is 670 g/mol. The van der Waals surface area contributed by atoms with Crippen LogP contribution in [-0.4, -0.2) is 20.6 Å². The van der Waals surface area contributed by atoms with Gasteiger partial charge in [-0.15, -0.1) is 0 Å². The van der Waals surface area contributed by atoms with Crippen LogP contribution in [-0.2, 0) is 4.43 Å². The van der Waals surface area contributed by atoms with Gasteiger partial charge in [-0.05, 0) is 71.6 Å². The molecule has 1 nitrogen and oxygen atoms in total. The minimum absolute atomic E-state index is 0. The van der Waals surface area contributed by atoms with Gasteiger partial charge in [0.2, 0.25) is 0 Å². The Morgan fingerprint density at radius 3 is 1.21 bits per heavy atom. The summed E-state index contributed by atoms with van der Waals surface area (Å²) in [7, 11) is -4.44. The van der Waals surface area contributed by atoms with Crippen LogP contribution < -0.4 is 50.3 Å². The summed E-state index contributed by atoms with van der Waals surface area (Å²) in [6.45, 7) is 9.39. The molecule has 0 aromatic heterocycles. The van der Waals surface area contributed by atoms with E-state index in [1.807, 2.05) is 0 Å². The number of halogens is 1. The standard InChI is InChI=1S/C39H44OPSi.HI/c1-33(40-42(39(2,3)4,37-28-16-8-17-29-37)38-30-18-9-19-31-38)21-20-32-41(34-22-10-5-11-23-34,35-24-12-6-13-25-35)36-26-14-7-15-27-36;/h5-19,22-31,33H,20-21,32H2,1-4H3;1H/q+1;/p-1/t33-;/m1./s1. The van der Waals surface area contributed by atoms with E-state index in [-0.39, 0.29) is 35.1 Å². The third-order valence-electron chi connectivity index (χ3n) is 8.49. The quantitative estimate of drug-likeness (QED) is 0.109. The van der Waals surface area contributed by atoms with Crippen LogP contribution in [0.5, 0.6) is 0 Å². The molecule has 222 valence electrons. The number of hydrogen-bond acceptors (Lipinski definition) is 1. The Bertz CT molecular complexity index is 1370. The van der Waals surface area contributed by atoms with Crippen LogP contribution in [0, 0.1) is 0 Å². The third kappa shape index (κ3) is 7.07. The van der Waals surface area contributed by atoms with Gasteiger partial charge in [-0.25, -0.2) is 0 Å². The maximum absolute atomic E-state index is 7.46. The maximum Gasteiger partial charge on any atom is 0.261 e. The lowest BCUT2D eigenvalue weighted by atomic mass is 10.2. The van der Waals surface area contributed by atoms with Gasteiger partial charge < -0.3 is 28.4 Å². The van der Waals surface area contributed by atoms with Crippen LogP contribution in [0.15, 0.2) is 152 Å². The van der Waals surface area contributed by atoms with Crippen molar-refractivity contribution in [3.63, 3.8) is 0 Å². The first kappa shape index (κ1) is 33.3. The molecule has 0 aliphatic heterocycles. The Balaban J connectivity index is 0.00000423. The minimum Gasteiger partial charge on any atom is -1.00 e. The molecule has 0 saturated carbocycles. The van der Waals surface area contributed by atoms with Gasteiger partial charge in [-0.3, -0.25) is 0 Å². The molecule has 43 heavy (non-hydrogen) atoms. The Labute approximate surface area is 278 Å². The van der Waals surface area contributed by atoms with E-state index in [1.54, 1.807) is 0 Å². The van der Waals surface area contributed by atoms with E-state index >= 15 is 0 Å². The van der Waals surface area contributed by atoms with Crippen molar-refractivity contribution in [1.82, 2.24) is 0 Å². The van der Waals surface area contributed by atoms with Crippen molar-refractivity contribution in [3.05, 3.63) is 152 Å². The summed E-state index contributed by atoms with van der Waals surface area (Å²) in [4.78, 5) is 0. The van der Waals surface area contributed by atoms with Gasteiger partial charge in [0.25, 0.3) is 8.32 Å². The average Bonchev–Trinajstić information content (AvgIpc) is 3.03. The Kier molecular flexibility index (Phi) is 11.6. The highest BCUT2D eigenvalue weighted by Gasteiger charge is 2.51. The van der Waals surface area contributed by atoms with Crippen molar-refractivity contribution in [2.24, 2.45) is 0 Å². The molecule has 4 heteroatoms. The molecule has 0 spiro atoms. The van der Waals surface area contributed by atoms with Crippen molar-refractivity contribution in [2.75, 3.05) is 6.16 Å². The van der Waals surface area contributed by atoms with Crippen LogP contribution in [0.25, 0.3) is 0 Å². The molecule has 5 rings (SSSR count). The summed E-state index contributed by atoms with van der Waals surface area (Å²) in [6.07, 6.45) is 3.34. The lowest BCUT2D eigenvalue weighted by molar-refractivity contribution is -0.00000987. The molecule has 0 heterocycles. The third-order valence-corrected chi connectivity index (χ3v) is 18.2. The van der Waals surface area contributed by atoms with E-state index in [9.17, 15) is 0 Å². The molecular formula is C39H44IOPSi. The fourth-order valence-corrected chi connectivity index (χ4v) is 15.7. The monoisotopic (exact) mass is 714 g/mol. The molecule has 0 aliphatic carbocycles. The molecule has 1 atom stereocenters. The van der Waals surface area contributed by atoms with E-state index in [1.165, 1.54) is 26.3 Å². The van der Waals surface area contributed by atoms with Gasteiger partial charge in [0.15, 0.2) is 0 Å². The summed E-state index contributed by atoms with van der Waals surface area (Å²) < 4.78 is 7.46. The topological polar surface area (TPSA) is 9.23 Å². The molecule has 0 radical (unpaired) electrons. The second-order valence-corrected chi connectivity index (χ2v) is 20.1. The van der Waals surface area contributed by atoms with Crippen molar-refractivity contribution < 1.29 is 28.4 Å². The zero-order valence-electron chi connectivity index (χ0n) is 25.9. The maximum atomic E-state index is 7.46. The first-order valence-electron chi connectivity index (χ1n) is 15.2. The summed E-state index contributed by atoms with van der Waals surface area (Å²) in [6, 6.07) is 55.7. The second-order valence-electron chi connectivity index (χ2n) is 12.3. The molecule has 0 fully saturated rings. The molecule has 0 aliphatic rings. The van der Waals surface area contributed by atoms with Gasteiger partial charge in [0.1, 0.15) is 23.2 Å². The van der Waals surface area contributed by atoms with Crippen LogP contribution in [0.3, 0.4) is 0 Å². The summed E-state index contributed by atoms with van der Waals surface area (Å²) >= 11 is 0. The summed E-state index contributed by atoms with van der Waals surface area (Å²) in [5.74, 6) is 0. The SMILES string of the molecule is C[C@H](CCC[P+](c1ccccc1)(c1ccccc1)c1ccccc1)O[Si](c1ccccc1)(c1ccccc1)C(C)(C)C.[I-]. The van der Waals surface area contributed by atoms with E-state index in [0.717, 1.165) is 19.0 Å². The molecule has 5 aromatic carbocycles. The van der Waals surface area contributed by atoms with E-state index in [2.05, 4.69) is 179 Å². The van der Waals surface area contributed by atoms with Crippen LogP contribution in [0.2, 0.25) is 5.04 Å². The van der Waals surface area contributed by atoms with E-state index in [4.69, 9.17) is 4.43 Å². The fourth-order valence-electron chi connectivity index (χ4n) is 6.55. The summed E-state index contributed by atoms with van der Waals surface area (Å²) in [5.41, 5.74) is 0. The first-order valence-corrected chi connectivity index (χ1v) is 19.1. The molecule has 0 saturated heterocycles. The molecule has 0 bridgehead atoms. The first-order chi connectivity index (χ1) is 20.4. The van der Waals surface area contributed by atoms with Gasteiger partial charge in [0, 0.05) is 6.10 Å². The van der Waals surface area contributed by atoms with Crippen LogP contribution in [0.1, 0.15) is 40.5 Å². The van der Waals surface area contributed by atoms with Crippen molar-refractivity contribution in [1.29, 1.82) is 0 Å². The smallest absolute Gasteiger partial charge is 0.261 e.